The van der Waals surface area contributed by atoms with Crippen LogP contribution in [-0.4, -0.2) is 27.4 Å². The zero-order valence-corrected chi connectivity index (χ0v) is 18.6. The van der Waals surface area contributed by atoms with Crippen molar-refractivity contribution in [3.8, 4) is 5.75 Å². The number of pyridine rings is 1. The Balaban J connectivity index is 1.63. The predicted octanol–water partition coefficient (Wildman–Crippen LogP) is 5.24. The van der Waals surface area contributed by atoms with E-state index in [9.17, 15) is 14.9 Å². The van der Waals surface area contributed by atoms with Gasteiger partial charge < -0.3 is 4.74 Å². The number of benzene rings is 2. The number of nitro benzene ring substituents is 1. The minimum Gasteiger partial charge on any atom is -0.494 e. The molecule has 8 nitrogen and oxygen atoms in total. The smallest absolute Gasteiger partial charge is 0.269 e. The van der Waals surface area contributed by atoms with Crippen LogP contribution in [0.3, 0.4) is 0 Å². The van der Waals surface area contributed by atoms with E-state index >= 15 is 0 Å². The van der Waals surface area contributed by atoms with E-state index in [2.05, 4.69) is 9.97 Å². The maximum Gasteiger partial charge on any atom is 0.269 e. The number of carbonyl (C=O) groups excluding carboxylic acids is 1. The first kappa shape index (κ1) is 22.1. The topological polar surface area (TPSA) is 98.5 Å². The van der Waals surface area contributed by atoms with Crippen LogP contribution < -0.4 is 9.64 Å². The molecule has 33 heavy (non-hydrogen) atoms. The fraction of sp³-hybridized carbons (Fsp3) is 0.125. The summed E-state index contributed by atoms with van der Waals surface area (Å²) in [5, 5.41) is 11.4. The van der Waals surface area contributed by atoms with Crippen molar-refractivity contribution in [3.05, 3.63) is 94.3 Å². The lowest BCUT2D eigenvalue weighted by Crippen LogP contribution is -2.28. The van der Waals surface area contributed by atoms with Crippen molar-refractivity contribution in [3.63, 3.8) is 0 Å². The normalized spacial score (nSPS) is 11.1. The fourth-order valence-electron chi connectivity index (χ4n) is 3.14. The Morgan fingerprint density at radius 2 is 1.91 bits per heavy atom. The molecule has 2 heterocycles. The quantitative estimate of drug-likeness (QED) is 0.202. The van der Waals surface area contributed by atoms with E-state index in [0.717, 1.165) is 21.5 Å². The van der Waals surface area contributed by atoms with Crippen LogP contribution in [-0.2, 0) is 11.3 Å². The number of hydrogen-bond donors (Lipinski definition) is 0. The van der Waals surface area contributed by atoms with E-state index in [1.165, 1.54) is 29.5 Å². The van der Waals surface area contributed by atoms with E-state index in [1.54, 1.807) is 35.5 Å². The highest BCUT2D eigenvalue weighted by Crippen LogP contribution is 2.32. The van der Waals surface area contributed by atoms with Crippen LogP contribution in [0.15, 0.2) is 73.1 Å². The average molecular weight is 461 g/mol. The largest absolute Gasteiger partial charge is 0.494 e. The van der Waals surface area contributed by atoms with Crippen LogP contribution in [0, 0.1) is 10.1 Å². The molecule has 4 aromatic rings. The standard InChI is InChI=1S/C24H20N4O4S/c1-2-32-20-8-9-21-22(15-20)33-24(26-21)27(16-18-11-13-25-14-12-18)23(29)10-5-17-3-6-19(7-4-17)28(30)31/h3-15H,2,16H2,1H3/b10-5+. The molecule has 0 saturated heterocycles. The maximum atomic E-state index is 13.2. The van der Waals surface area contributed by atoms with Gasteiger partial charge in [0.2, 0.25) is 0 Å². The molecule has 0 saturated carbocycles. The van der Waals surface area contributed by atoms with E-state index < -0.39 is 4.92 Å². The number of non-ortho nitro benzene ring substituents is 1. The summed E-state index contributed by atoms with van der Waals surface area (Å²) in [6, 6.07) is 15.4. The van der Waals surface area contributed by atoms with Crippen LogP contribution >= 0.6 is 11.3 Å². The summed E-state index contributed by atoms with van der Waals surface area (Å²) in [6.07, 6.45) is 6.43. The average Bonchev–Trinajstić information content (AvgIpc) is 3.25. The highest BCUT2D eigenvalue weighted by molar-refractivity contribution is 7.22. The zero-order valence-electron chi connectivity index (χ0n) is 17.7. The monoisotopic (exact) mass is 460 g/mol. The molecular weight excluding hydrogens is 440 g/mol. The lowest BCUT2D eigenvalue weighted by molar-refractivity contribution is -0.384. The number of aromatic nitrogens is 2. The van der Waals surface area contributed by atoms with Crippen molar-refractivity contribution in [1.82, 2.24) is 9.97 Å². The van der Waals surface area contributed by atoms with Crippen LogP contribution in [0.25, 0.3) is 16.3 Å². The van der Waals surface area contributed by atoms with Gasteiger partial charge in [-0.05, 0) is 66.6 Å². The summed E-state index contributed by atoms with van der Waals surface area (Å²) in [4.78, 5) is 33.9. The second kappa shape index (κ2) is 10.0. The fourth-order valence-corrected chi connectivity index (χ4v) is 4.14. The molecule has 166 valence electrons. The van der Waals surface area contributed by atoms with Gasteiger partial charge in [0.25, 0.3) is 11.6 Å². The molecule has 4 rings (SSSR count). The third kappa shape index (κ3) is 5.39. The molecule has 0 aliphatic heterocycles. The van der Waals surface area contributed by atoms with Crippen molar-refractivity contribution >= 4 is 44.4 Å². The Bertz CT molecular complexity index is 1300. The number of ether oxygens (including phenoxy) is 1. The highest BCUT2D eigenvalue weighted by atomic mass is 32.1. The lowest BCUT2D eigenvalue weighted by atomic mass is 10.2. The molecule has 0 aliphatic carbocycles. The Hall–Kier alpha value is -4.11. The first-order valence-corrected chi connectivity index (χ1v) is 11.0. The summed E-state index contributed by atoms with van der Waals surface area (Å²) in [5.74, 6) is 0.500. The highest BCUT2D eigenvalue weighted by Gasteiger charge is 2.19. The molecule has 9 heteroatoms. The van der Waals surface area contributed by atoms with Gasteiger partial charge in [-0.2, -0.15) is 0 Å². The third-order valence-electron chi connectivity index (χ3n) is 4.77. The number of thiazole rings is 1. The molecule has 0 N–H and O–H groups in total. The number of fused-ring (bicyclic) bond motifs is 1. The number of nitro groups is 1. The van der Waals surface area contributed by atoms with Crippen molar-refractivity contribution in [2.45, 2.75) is 13.5 Å². The third-order valence-corrected chi connectivity index (χ3v) is 5.81. The van der Waals surface area contributed by atoms with Gasteiger partial charge in [-0.25, -0.2) is 4.98 Å². The molecule has 0 spiro atoms. The molecule has 0 aliphatic rings. The van der Waals surface area contributed by atoms with Crippen molar-refractivity contribution in [1.29, 1.82) is 0 Å². The van der Waals surface area contributed by atoms with E-state index in [0.29, 0.717) is 23.8 Å². The number of hydrogen-bond acceptors (Lipinski definition) is 7. The van der Waals surface area contributed by atoms with Gasteiger partial charge >= 0.3 is 0 Å². The Morgan fingerprint density at radius 3 is 2.61 bits per heavy atom. The Morgan fingerprint density at radius 1 is 1.15 bits per heavy atom. The molecule has 1 amide bonds. The number of anilines is 1. The first-order valence-electron chi connectivity index (χ1n) is 10.2. The second-order valence-electron chi connectivity index (χ2n) is 7.02. The van der Waals surface area contributed by atoms with E-state index in [4.69, 9.17) is 4.74 Å². The lowest BCUT2D eigenvalue weighted by Gasteiger charge is -2.18. The Kier molecular flexibility index (Phi) is 6.70. The van der Waals surface area contributed by atoms with Crippen LogP contribution in [0.2, 0.25) is 0 Å². The van der Waals surface area contributed by atoms with Gasteiger partial charge in [0, 0.05) is 30.6 Å². The number of rotatable bonds is 8. The van der Waals surface area contributed by atoms with Gasteiger partial charge in [0.15, 0.2) is 5.13 Å². The minimum atomic E-state index is -0.459. The van der Waals surface area contributed by atoms with Crippen LogP contribution in [0.5, 0.6) is 5.75 Å². The van der Waals surface area contributed by atoms with Crippen LogP contribution in [0.1, 0.15) is 18.1 Å². The molecular formula is C24H20N4O4S. The van der Waals surface area contributed by atoms with Crippen LogP contribution in [0.4, 0.5) is 10.8 Å². The zero-order chi connectivity index (χ0) is 23.2. The molecule has 0 atom stereocenters. The summed E-state index contributed by atoms with van der Waals surface area (Å²) >= 11 is 1.41. The first-order chi connectivity index (χ1) is 16.0. The summed E-state index contributed by atoms with van der Waals surface area (Å²) in [6.45, 7) is 2.82. The maximum absolute atomic E-state index is 13.2. The van der Waals surface area contributed by atoms with Gasteiger partial charge in [0.1, 0.15) is 5.75 Å². The van der Waals surface area contributed by atoms with Gasteiger partial charge in [-0.3, -0.25) is 24.8 Å². The molecule has 0 bridgehead atoms. The van der Waals surface area contributed by atoms with Crippen molar-refractivity contribution in [2.75, 3.05) is 11.5 Å². The molecule has 0 fully saturated rings. The molecule has 2 aromatic heterocycles. The number of carbonyl (C=O) groups is 1. The van der Waals surface area contributed by atoms with Gasteiger partial charge in [0.05, 0.1) is 28.3 Å². The number of nitrogens with zero attached hydrogens (tertiary/aromatic N) is 4. The summed E-state index contributed by atoms with van der Waals surface area (Å²) in [7, 11) is 0. The summed E-state index contributed by atoms with van der Waals surface area (Å²) < 4.78 is 6.49. The SMILES string of the molecule is CCOc1ccc2nc(N(Cc3ccncc3)C(=O)/C=C/c3ccc([N+](=O)[O-])cc3)sc2c1. The molecule has 2 aromatic carbocycles. The van der Waals surface area contributed by atoms with Gasteiger partial charge in [-0.15, -0.1) is 0 Å². The minimum absolute atomic E-state index is 0.00122. The summed E-state index contributed by atoms with van der Waals surface area (Å²) in [5.41, 5.74) is 2.38. The number of amides is 1. The van der Waals surface area contributed by atoms with E-state index in [-0.39, 0.29) is 11.6 Å². The molecule has 0 unspecified atom stereocenters. The molecule has 0 radical (unpaired) electrons. The Labute approximate surface area is 193 Å². The van der Waals surface area contributed by atoms with E-state index in [1.807, 2.05) is 37.3 Å². The van der Waals surface area contributed by atoms with Crippen molar-refractivity contribution < 1.29 is 14.5 Å². The predicted molar refractivity (Wildman–Crippen MR) is 128 cm³/mol. The van der Waals surface area contributed by atoms with Crippen molar-refractivity contribution in [2.24, 2.45) is 0 Å². The van der Waals surface area contributed by atoms with Gasteiger partial charge in [-0.1, -0.05) is 11.3 Å². The second-order valence-corrected chi connectivity index (χ2v) is 8.03.